The summed E-state index contributed by atoms with van der Waals surface area (Å²) < 4.78 is 9.90. The average Bonchev–Trinajstić information content (AvgIpc) is 3.03. The molecule has 0 aliphatic rings. The van der Waals surface area contributed by atoms with Crippen LogP contribution >= 0.6 is 0 Å². The number of aromatic amines is 1. The molecule has 0 bridgehead atoms. The summed E-state index contributed by atoms with van der Waals surface area (Å²) in [7, 11) is 2.89. The van der Waals surface area contributed by atoms with Crippen molar-refractivity contribution in [1.29, 1.82) is 0 Å². The van der Waals surface area contributed by atoms with Crippen molar-refractivity contribution in [2.45, 2.75) is 40.2 Å². The molecule has 0 unspecified atom stereocenters. The molecule has 0 aliphatic heterocycles. The van der Waals surface area contributed by atoms with Crippen molar-refractivity contribution < 1.29 is 23.9 Å². The SMILES string of the molecule is COCCCN(C(=O)c1ccc(C)cc1)[C@@H](C)C(=O)c1c(C)[nH]c(C(=O)OC)c1C. The third kappa shape index (κ3) is 4.97. The second-order valence-corrected chi connectivity index (χ2v) is 7.37. The Morgan fingerprint density at radius 1 is 1.07 bits per heavy atom. The summed E-state index contributed by atoms with van der Waals surface area (Å²) in [6.07, 6.45) is 0.601. The molecule has 0 aliphatic carbocycles. The van der Waals surface area contributed by atoms with Gasteiger partial charge in [-0.15, -0.1) is 0 Å². The normalized spacial score (nSPS) is 11.8. The molecule has 2 rings (SSSR count). The van der Waals surface area contributed by atoms with Gasteiger partial charge in [0.1, 0.15) is 5.69 Å². The van der Waals surface area contributed by atoms with Crippen LogP contribution in [0.3, 0.4) is 0 Å². The number of amides is 1. The van der Waals surface area contributed by atoms with Gasteiger partial charge in [0, 0.05) is 37.1 Å². The van der Waals surface area contributed by atoms with Gasteiger partial charge in [0.05, 0.1) is 13.2 Å². The average molecular weight is 415 g/mol. The van der Waals surface area contributed by atoms with E-state index < -0.39 is 12.0 Å². The Morgan fingerprint density at radius 2 is 1.70 bits per heavy atom. The molecule has 30 heavy (non-hydrogen) atoms. The summed E-state index contributed by atoms with van der Waals surface area (Å²) in [6, 6.07) is 6.56. The van der Waals surface area contributed by atoms with Gasteiger partial charge in [0.2, 0.25) is 0 Å². The van der Waals surface area contributed by atoms with Crippen LogP contribution in [0.2, 0.25) is 0 Å². The lowest BCUT2D eigenvalue weighted by Gasteiger charge is -2.29. The molecule has 7 nitrogen and oxygen atoms in total. The molecule has 7 heteroatoms. The van der Waals surface area contributed by atoms with Gasteiger partial charge < -0.3 is 19.4 Å². The zero-order chi connectivity index (χ0) is 22.4. The Labute approximate surface area is 177 Å². The van der Waals surface area contributed by atoms with Crippen LogP contribution in [0, 0.1) is 20.8 Å². The van der Waals surface area contributed by atoms with Gasteiger partial charge in [-0.3, -0.25) is 9.59 Å². The van der Waals surface area contributed by atoms with Gasteiger partial charge in [-0.25, -0.2) is 4.79 Å². The molecule has 0 saturated carbocycles. The predicted molar refractivity (Wildman–Crippen MR) is 114 cm³/mol. The Bertz CT molecular complexity index is 914. The molecule has 1 aromatic heterocycles. The lowest BCUT2D eigenvalue weighted by Crippen LogP contribution is -2.44. The number of nitrogens with zero attached hydrogens (tertiary/aromatic N) is 1. The van der Waals surface area contributed by atoms with Crippen molar-refractivity contribution in [3.05, 3.63) is 57.9 Å². The summed E-state index contributed by atoms with van der Waals surface area (Å²) in [5, 5.41) is 0. The zero-order valence-electron chi connectivity index (χ0n) is 18.5. The molecular formula is C23H30N2O5. The van der Waals surface area contributed by atoms with Crippen LogP contribution in [0.1, 0.15) is 61.4 Å². The number of rotatable bonds is 9. The first-order valence-electron chi connectivity index (χ1n) is 9.91. The summed E-state index contributed by atoms with van der Waals surface area (Å²) in [6.45, 7) is 7.95. The number of methoxy groups -OCH3 is 2. The first-order chi connectivity index (χ1) is 14.2. The lowest BCUT2D eigenvalue weighted by atomic mass is 9.99. The number of nitrogens with one attached hydrogen (secondary N) is 1. The van der Waals surface area contributed by atoms with Crippen molar-refractivity contribution in [2.24, 2.45) is 0 Å². The standard InChI is InChI=1S/C23H30N2O5/c1-14-8-10-18(11-9-14)22(27)25(12-7-13-29-5)17(4)21(26)19-15(2)20(23(28)30-6)24-16(19)3/h8-11,17,24H,7,12-13H2,1-6H3/t17-/m0/s1. The molecule has 162 valence electrons. The highest BCUT2D eigenvalue weighted by molar-refractivity contribution is 6.07. The number of carbonyl (C=O) groups excluding carboxylic acids is 3. The third-order valence-electron chi connectivity index (χ3n) is 5.23. The van der Waals surface area contributed by atoms with E-state index in [2.05, 4.69) is 4.98 Å². The van der Waals surface area contributed by atoms with Crippen molar-refractivity contribution in [3.8, 4) is 0 Å². The minimum absolute atomic E-state index is 0.217. The fourth-order valence-corrected chi connectivity index (χ4v) is 3.49. The number of carbonyl (C=O) groups is 3. The minimum atomic E-state index is -0.714. The molecular weight excluding hydrogens is 384 g/mol. The van der Waals surface area contributed by atoms with Gasteiger partial charge in [-0.2, -0.15) is 0 Å². The largest absolute Gasteiger partial charge is 0.464 e. The Balaban J connectivity index is 2.37. The maximum Gasteiger partial charge on any atom is 0.354 e. The molecule has 0 saturated heterocycles. The summed E-state index contributed by atoms with van der Waals surface area (Å²) in [4.78, 5) is 43.1. The molecule has 0 radical (unpaired) electrons. The van der Waals surface area contributed by atoms with Crippen molar-refractivity contribution in [3.63, 3.8) is 0 Å². The number of ether oxygens (including phenoxy) is 2. The highest BCUT2D eigenvalue weighted by atomic mass is 16.5. The van der Waals surface area contributed by atoms with E-state index in [0.717, 1.165) is 5.56 Å². The van der Waals surface area contributed by atoms with E-state index in [1.165, 1.54) is 7.11 Å². The maximum absolute atomic E-state index is 13.4. The second-order valence-electron chi connectivity index (χ2n) is 7.37. The summed E-state index contributed by atoms with van der Waals surface area (Å²) >= 11 is 0. The molecule has 1 atom stereocenters. The zero-order valence-corrected chi connectivity index (χ0v) is 18.5. The van der Waals surface area contributed by atoms with Crippen molar-refractivity contribution in [2.75, 3.05) is 27.4 Å². The number of hydrogen-bond acceptors (Lipinski definition) is 5. The number of H-pyrrole nitrogens is 1. The molecule has 1 N–H and O–H groups in total. The van der Waals surface area contributed by atoms with Crippen LogP contribution in [-0.4, -0.2) is 61.0 Å². The summed E-state index contributed by atoms with van der Waals surface area (Å²) in [5.74, 6) is -0.977. The number of benzene rings is 1. The van der Waals surface area contributed by atoms with E-state index in [1.54, 1.807) is 44.9 Å². The smallest absolute Gasteiger partial charge is 0.354 e. The number of aromatic nitrogens is 1. The monoisotopic (exact) mass is 414 g/mol. The van der Waals surface area contributed by atoms with Gasteiger partial charge in [-0.1, -0.05) is 17.7 Å². The van der Waals surface area contributed by atoms with Crippen LogP contribution in [0.5, 0.6) is 0 Å². The molecule has 0 spiro atoms. The minimum Gasteiger partial charge on any atom is -0.464 e. The van der Waals surface area contributed by atoms with E-state index in [1.807, 2.05) is 19.1 Å². The Kier molecular flexibility index (Phi) is 7.94. The van der Waals surface area contributed by atoms with Crippen molar-refractivity contribution in [1.82, 2.24) is 9.88 Å². The molecule has 1 amide bonds. The number of Topliss-reactive ketones (excluding diaryl/α,β-unsaturated/α-hetero) is 1. The Morgan fingerprint density at radius 3 is 2.27 bits per heavy atom. The van der Waals surface area contributed by atoms with Crippen LogP contribution in [0.4, 0.5) is 0 Å². The third-order valence-corrected chi connectivity index (χ3v) is 5.23. The van der Waals surface area contributed by atoms with E-state index in [9.17, 15) is 14.4 Å². The number of aryl methyl sites for hydroxylation is 2. The van der Waals surface area contributed by atoms with Crippen LogP contribution in [0.15, 0.2) is 24.3 Å². The molecule has 1 aromatic carbocycles. The fourth-order valence-electron chi connectivity index (χ4n) is 3.49. The van der Waals surface area contributed by atoms with Crippen molar-refractivity contribution >= 4 is 17.7 Å². The first kappa shape index (κ1) is 23.3. The molecule has 0 fully saturated rings. The fraction of sp³-hybridized carbons (Fsp3) is 0.435. The van der Waals surface area contributed by atoms with Gasteiger partial charge in [0.25, 0.3) is 5.91 Å². The highest BCUT2D eigenvalue weighted by Gasteiger charge is 2.31. The maximum atomic E-state index is 13.4. The predicted octanol–water partition coefficient (Wildman–Crippen LogP) is 3.48. The van der Waals surface area contributed by atoms with Gasteiger partial charge in [0.15, 0.2) is 5.78 Å². The summed E-state index contributed by atoms with van der Waals surface area (Å²) in [5.41, 5.74) is 3.34. The van der Waals surface area contributed by atoms with E-state index in [-0.39, 0.29) is 17.4 Å². The first-order valence-corrected chi connectivity index (χ1v) is 9.91. The number of esters is 1. The second kappa shape index (κ2) is 10.2. The van der Waals surface area contributed by atoms with Crippen LogP contribution in [0.25, 0.3) is 0 Å². The Hall–Kier alpha value is -2.93. The molecule has 1 heterocycles. The van der Waals surface area contributed by atoms with Gasteiger partial charge in [-0.05, 0) is 51.8 Å². The van der Waals surface area contributed by atoms with E-state index in [4.69, 9.17) is 9.47 Å². The van der Waals surface area contributed by atoms with Crippen LogP contribution in [-0.2, 0) is 9.47 Å². The number of ketones is 1. The number of hydrogen-bond donors (Lipinski definition) is 1. The van der Waals surface area contributed by atoms with Gasteiger partial charge >= 0.3 is 5.97 Å². The topological polar surface area (TPSA) is 88.7 Å². The molecule has 2 aromatic rings. The quantitative estimate of drug-likeness (QED) is 0.386. The van der Waals surface area contributed by atoms with E-state index >= 15 is 0 Å². The highest BCUT2D eigenvalue weighted by Crippen LogP contribution is 2.23. The van der Waals surface area contributed by atoms with Crippen LogP contribution < -0.4 is 0 Å². The van der Waals surface area contributed by atoms with E-state index in [0.29, 0.717) is 42.0 Å². The lowest BCUT2D eigenvalue weighted by molar-refractivity contribution is 0.0591.